The standard InChI is InChI=1S/C14H23N3O/c1-5-17(10-11-8-6-7-9-16-11)13(18)12(15)14(2,3)4/h6-9,12H,5,10,15H2,1-4H3. The molecule has 0 saturated heterocycles. The van der Waals surface area contributed by atoms with E-state index in [9.17, 15) is 4.79 Å². The van der Waals surface area contributed by atoms with E-state index in [4.69, 9.17) is 5.73 Å². The molecule has 0 aliphatic carbocycles. The Balaban J connectivity index is 2.75. The Hall–Kier alpha value is -1.42. The summed E-state index contributed by atoms with van der Waals surface area (Å²) in [6, 6.07) is 5.21. The highest BCUT2D eigenvalue weighted by atomic mass is 16.2. The van der Waals surface area contributed by atoms with Gasteiger partial charge in [-0.25, -0.2) is 0 Å². The monoisotopic (exact) mass is 249 g/mol. The van der Waals surface area contributed by atoms with Gasteiger partial charge in [-0.3, -0.25) is 9.78 Å². The first-order valence-electron chi connectivity index (χ1n) is 6.30. The van der Waals surface area contributed by atoms with Crippen molar-refractivity contribution in [3.8, 4) is 0 Å². The third-order valence-corrected chi connectivity index (χ3v) is 2.97. The average molecular weight is 249 g/mol. The van der Waals surface area contributed by atoms with Gasteiger partial charge < -0.3 is 10.6 Å². The summed E-state index contributed by atoms with van der Waals surface area (Å²) in [6.45, 7) is 9.04. The minimum Gasteiger partial charge on any atom is -0.336 e. The molecule has 2 N–H and O–H groups in total. The molecule has 1 rings (SSSR count). The Morgan fingerprint density at radius 2 is 2.11 bits per heavy atom. The van der Waals surface area contributed by atoms with Crippen LogP contribution in [0.3, 0.4) is 0 Å². The topological polar surface area (TPSA) is 59.2 Å². The lowest BCUT2D eigenvalue weighted by Gasteiger charge is -2.31. The van der Waals surface area contributed by atoms with Crippen LogP contribution in [-0.2, 0) is 11.3 Å². The van der Waals surface area contributed by atoms with Gasteiger partial charge in [0.1, 0.15) is 0 Å². The van der Waals surface area contributed by atoms with E-state index >= 15 is 0 Å². The molecule has 0 radical (unpaired) electrons. The molecule has 1 heterocycles. The summed E-state index contributed by atoms with van der Waals surface area (Å²) in [5.41, 5.74) is 6.67. The van der Waals surface area contributed by atoms with Crippen molar-refractivity contribution in [1.29, 1.82) is 0 Å². The SMILES string of the molecule is CCN(Cc1ccccn1)C(=O)C(N)C(C)(C)C. The number of likely N-dealkylation sites (N-methyl/N-ethyl adjacent to an activating group) is 1. The number of aromatic nitrogens is 1. The number of pyridine rings is 1. The normalized spacial score (nSPS) is 13.2. The average Bonchev–Trinajstić information content (AvgIpc) is 2.34. The van der Waals surface area contributed by atoms with Gasteiger partial charge in [-0.2, -0.15) is 0 Å². The maximum atomic E-state index is 12.3. The van der Waals surface area contributed by atoms with E-state index < -0.39 is 6.04 Å². The lowest BCUT2D eigenvalue weighted by Crippen LogP contribution is -2.50. The second kappa shape index (κ2) is 5.96. The molecule has 4 heteroatoms. The first-order valence-corrected chi connectivity index (χ1v) is 6.30. The lowest BCUT2D eigenvalue weighted by atomic mass is 9.86. The molecule has 1 aromatic rings. The van der Waals surface area contributed by atoms with Crippen LogP contribution >= 0.6 is 0 Å². The second-order valence-corrected chi connectivity index (χ2v) is 5.52. The van der Waals surface area contributed by atoms with E-state index in [1.807, 2.05) is 45.9 Å². The van der Waals surface area contributed by atoms with Crippen molar-refractivity contribution < 1.29 is 4.79 Å². The molecule has 1 aromatic heterocycles. The zero-order chi connectivity index (χ0) is 13.8. The molecular formula is C14H23N3O. The van der Waals surface area contributed by atoms with Gasteiger partial charge in [0.15, 0.2) is 0 Å². The van der Waals surface area contributed by atoms with E-state index in [0.29, 0.717) is 13.1 Å². The van der Waals surface area contributed by atoms with Crippen molar-refractivity contribution in [1.82, 2.24) is 9.88 Å². The van der Waals surface area contributed by atoms with Crippen LogP contribution in [0, 0.1) is 5.41 Å². The van der Waals surface area contributed by atoms with Crippen molar-refractivity contribution in [2.24, 2.45) is 11.1 Å². The third kappa shape index (κ3) is 3.81. The van der Waals surface area contributed by atoms with Gasteiger partial charge in [-0.05, 0) is 24.5 Å². The number of carbonyl (C=O) groups is 1. The van der Waals surface area contributed by atoms with Crippen LogP contribution in [0.25, 0.3) is 0 Å². The maximum absolute atomic E-state index is 12.3. The fraction of sp³-hybridized carbons (Fsp3) is 0.571. The highest BCUT2D eigenvalue weighted by Crippen LogP contribution is 2.19. The summed E-state index contributed by atoms with van der Waals surface area (Å²) in [4.78, 5) is 18.3. The number of carbonyl (C=O) groups excluding carboxylic acids is 1. The minimum atomic E-state index is -0.485. The molecule has 0 aliphatic rings. The molecule has 1 atom stereocenters. The number of hydrogen-bond donors (Lipinski definition) is 1. The Morgan fingerprint density at radius 3 is 2.56 bits per heavy atom. The second-order valence-electron chi connectivity index (χ2n) is 5.52. The van der Waals surface area contributed by atoms with Crippen LogP contribution in [0.5, 0.6) is 0 Å². The summed E-state index contributed by atoms with van der Waals surface area (Å²) >= 11 is 0. The van der Waals surface area contributed by atoms with Crippen LogP contribution in [0.2, 0.25) is 0 Å². The van der Waals surface area contributed by atoms with Gasteiger partial charge in [-0.15, -0.1) is 0 Å². The predicted molar refractivity (Wildman–Crippen MR) is 72.8 cm³/mol. The van der Waals surface area contributed by atoms with Crippen molar-refractivity contribution in [2.75, 3.05) is 6.54 Å². The fourth-order valence-corrected chi connectivity index (χ4v) is 1.60. The van der Waals surface area contributed by atoms with Crippen molar-refractivity contribution >= 4 is 5.91 Å². The lowest BCUT2D eigenvalue weighted by molar-refractivity contribution is -0.135. The van der Waals surface area contributed by atoms with Gasteiger partial charge in [0, 0.05) is 12.7 Å². The third-order valence-electron chi connectivity index (χ3n) is 2.97. The Labute approximate surface area is 109 Å². The fourth-order valence-electron chi connectivity index (χ4n) is 1.60. The minimum absolute atomic E-state index is 0.0179. The molecule has 0 aromatic carbocycles. The van der Waals surface area contributed by atoms with E-state index in [1.54, 1.807) is 11.1 Å². The number of hydrogen-bond acceptors (Lipinski definition) is 3. The van der Waals surface area contributed by atoms with Gasteiger partial charge in [-0.1, -0.05) is 26.8 Å². The van der Waals surface area contributed by atoms with Crippen molar-refractivity contribution in [3.05, 3.63) is 30.1 Å². The molecule has 0 bridgehead atoms. The molecule has 1 unspecified atom stereocenters. The van der Waals surface area contributed by atoms with Gasteiger partial charge in [0.25, 0.3) is 0 Å². The van der Waals surface area contributed by atoms with E-state index in [-0.39, 0.29) is 11.3 Å². The van der Waals surface area contributed by atoms with Crippen LogP contribution in [-0.4, -0.2) is 28.4 Å². The van der Waals surface area contributed by atoms with E-state index in [0.717, 1.165) is 5.69 Å². The number of amides is 1. The molecule has 100 valence electrons. The molecular weight excluding hydrogens is 226 g/mol. The summed E-state index contributed by atoms with van der Waals surface area (Å²) in [6.07, 6.45) is 1.73. The first kappa shape index (κ1) is 14.6. The molecule has 18 heavy (non-hydrogen) atoms. The highest BCUT2D eigenvalue weighted by molar-refractivity contribution is 5.82. The predicted octanol–water partition coefficient (Wildman–Crippen LogP) is 1.80. The van der Waals surface area contributed by atoms with E-state index in [1.165, 1.54) is 0 Å². The summed E-state index contributed by atoms with van der Waals surface area (Å²) in [5.74, 6) is -0.0179. The van der Waals surface area contributed by atoms with Gasteiger partial charge in [0.2, 0.25) is 5.91 Å². The Morgan fingerprint density at radius 1 is 1.44 bits per heavy atom. The zero-order valence-corrected chi connectivity index (χ0v) is 11.7. The molecule has 0 fully saturated rings. The van der Waals surface area contributed by atoms with Crippen LogP contribution in [0.1, 0.15) is 33.4 Å². The largest absolute Gasteiger partial charge is 0.336 e. The Kier molecular flexibility index (Phi) is 4.84. The summed E-state index contributed by atoms with van der Waals surface area (Å²) in [5, 5.41) is 0. The summed E-state index contributed by atoms with van der Waals surface area (Å²) < 4.78 is 0. The molecule has 0 aliphatic heterocycles. The number of nitrogens with zero attached hydrogens (tertiary/aromatic N) is 2. The summed E-state index contributed by atoms with van der Waals surface area (Å²) in [7, 11) is 0. The highest BCUT2D eigenvalue weighted by Gasteiger charge is 2.30. The number of rotatable bonds is 4. The maximum Gasteiger partial charge on any atom is 0.240 e. The van der Waals surface area contributed by atoms with Crippen LogP contribution in [0.15, 0.2) is 24.4 Å². The number of nitrogens with two attached hydrogens (primary N) is 1. The van der Waals surface area contributed by atoms with Crippen molar-refractivity contribution in [2.45, 2.75) is 40.3 Å². The van der Waals surface area contributed by atoms with Gasteiger partial charge >= 0.3 is 0 Å². The molecule has 1 amide bonds. The van der Waals surface area contributed by atoms with Crippen molar-refractivity contribution in [3.63, 3.8) is 0 Å². The van der Waals surface area contributed by atoms with Gasteiger partial charge in [0.05, 0.1) is 18.3 Å². The Bertz CT molecular complexity index is 384. The first-order chi connectivity index (χ1) is 8.36. The van der Waals surface area contributed by atoms with Crippen LogP contribution in [0.4, 0.5) is 0 Å². The van der Waals surface area contributed by atoms with Crippen LogP contribution < -0.4 is 5.73 Å². The molecule has 4 nitrogen and oxygen atoms in total. The smallest absolute Gasteiger partial charge is 0.240 e. The molecule has 0 saturated carbocycles. The van der Waals surface area contributed by atoms with E-state index in [2.05, 4.69) is 4.98 Å². The zero-order valence-electron chi connectivity index (χ0n) is 11.7. The molecule has 0 spiro atoms. The quantitative estimate of drug-likeness (QED) is 0.885.